The Morgan fingerprint density at radius 3 is 1.58 bits per heavy atom. The largest absolute Gasteiger partial charge is 0.346 e. The van der Waals surface area contributed by atoms with Crippen LogP contribution in [0.4, 0.5) is 11.4 Å². The normalized spacial score (nSPS) is 15.9. The maximum absolute atomic E-state index is 12.2. The van der Waals surface area contributed by atoms with Crippen molar-refractivity contribution in [1.82, 2.24) is 0 Å². The number of aromatic nitrogens is 4. The third-order valence-electron chi connectivity index (χ3n) is 10.7. The smallest absolute Gasteiger partial charge is 0.340 e. The van der Waals surface area contributed by atoms with Crippen molar-refractivity contribution in [3.8, 4) is 22.5 Å². The molecule has 2 aromatic carbocycles. The minimum atomic E-state index is -1.42. The number of aryl methyl sites for hydroxylation is 1. The van der Waals surface area contributed by atoms with Crippen LogP contribution in [-0.2, 0) is 76.7 Å². The first-order chi connectivity index (χ1) is 35.8. The van der Waals surface area contributed by atoms with Gasteiger partial charge in [-0.15, -0.1) is 28.2 Å². The van der Waals surface area contributed by atoms with Gasteiger partial charge in [0, 0.05) is 95.8 Å². The van der Waals surface area contributed by atoms with Crippen LogP contribution >= 0.6 is 0 Å². The van der Waals surface area contributed by atoms with E-state index in [1.54, 1.807) is 112 Å². The molecule has 0 N–H and O–H groups in total. The van der Waals surface area contributed by atoms with Crippen molar-refractivity contribution in [2.75, 3.05) is 0 Å². The molecule has 2 unspecified atom stereocenters. The number of benzene rings is 2. The van der Waals surface area contributed by atoms with E-state index >= 15 is 0 Å². The van der Waals surface area contributed by atoms with Gasteiger partial charge in [-0.2, -0.15) is 26.9 Å². The van der Waals surface area contributed by atoms with Crippen LogP contribution < -0.4 is 18.3 Å². The molecule has 10 rings (SSSR count). The zero-order valence-electron chi connectivity index (χ0n) is 46.5. The molecule has 0 aliphatic carbocycles. The zero-order valence-corrected chi connectivity index (χ0v) is 50.2. The number of hydrogen-bond acceptors (Lipinski definition) is 8. The summed E-state index contributed by atoms with van der Waals surface area (Å²) in [5, 5.41) is 46.9. The average Bonchev–Trinajstić information content (AvgIpc) is 4.15. The van der Waals surface area contributed by atoms with Gasteiger partial charge in [0.2, 0.25) is 11.4 Å². The summed E-state index contributed by atoms with van der Waals surface area (Å²) in [5.74, 6) is 0. The SMILES string of the molecule is CC.CC.CC.CC.CC.CC.[3H]C(=[C-]C)C1=[C-]c2cccc[n+]2C12c1c(cc([N+](=O)[O-])cc1[N+](=O)[O-])-c1cccc[n+]12.[3H]c1cc(C)cc2c1C1(C(C(=[C-][N+](=O)[O-])[N+](=O)[O-])=[C-]c3cccc[n+]31)[n+]1ccccc1-2.[Y].[Y]. The minimum Gasteiger partial charge on any atom is -0.346 e. The molecule has 0 saturated carbocycles. The monoisotopic (exact) mass is 1160 g/mol. The number of rotatable bonds is 6. The summed E-state index contributed by atoms with van der Waals surface area (Å²) in [6.45, 7) is 27.5. The predicted octanol–water partition coefficient (Wildman–Crippen LogP) is 11.0. The molecule has 4 aliphatic heterocycles. The molecule has 0 saturated heterocycles. The molecule has 2 radical (unpaired) electrons. The van der Waals surface area contributed by atoms with Crippen LogP contribution in [0.1, 0.15) is 121 Å². The first-order valence-electron chi connectivity index (χ1n) is 25.1. The first kappa shape index (κ1) is 62.1. The Bertz CT molecular complexity index is 3200. The Morgan fingerprint density at radius 1 is 0.622 bits per heavy atom. The van der Waals surface area contributed by atoms with Gasteiger partial charge in [0.25, 0.3) is 11.4 Å². The molecular weight excluding hydrogens is 1090 g/mol. The van der Waals surface area contributed by atoms with Crippen LogP contribution in [0.2, 0.25) is 0 Å². The Hall–Kier alpha value is -6.19. The maximum Gasteiger partial charge on any atom is 0.340 e. The van der Waals surface area contributed by atoms with Gasteiger partial charge in [0.1, 0.15) is 6.20 Å². The number of pyridine rings is 4. The fraction of sp³-hybridized carbons (Fsp3) is 0.286. The number of allylic oxidation sites excluding steroid dienone is 4. The first-order valence-corrected chi connectivity index (χ1v) is 24.1. The minimum absolute atomic E-state index is 0. The van der Waals surface area contributed by atoms with Crippen molar-refractivity contribution < 1.29 is 106 Å². The number of nitro groups is 4. The van der Waals surface area contributed by atoms with E-state index in [9.17, 15) is 40.5 Å². The third-order valence-corrected chi connectivity index (χ3v) is 10.7. The summed E-state index contributed by atoms with van der Waals surface area (Å²) < 4.78 is 24.5. The molecule has 0 bridgehead atoms. The number of fused-ring (bicyclic) bond motifs is 14. The Morgan fingerprint density at radius 2 is 1.09 bits per heavy atom. The molecular formula is C56H64N8O8Y2. The van der Waals surface area contributed by atoms with Crippen LogP contribution in [0.3, 0.4) is 0 Å². The van der Waals surface area contributed by atoms with E-state index in [0.29, 0.717) is 33.8 Å². The summed E-state index contributed by atoms with van der Waals surface area (Å²) in [7, 11) is 0. The maximum atomic E-state index is 12.2. The van der Waals surface area contributed by atoms with Gasteiger partial charge >= 0.3 is 11.3 Å². The predicted molar refractivity (Wildman–Crippen MR) is 274 cm³/mol. The van der Waals surface area contributed by atoms with Crippen molar-refractivity contribution in [2.24, 2.45) is 0 Å². The average molecular weight is 1160 g/mol. The van der Waals surface area contributed by atoms with Gasteiger partial charge in [0.15, 0.2) is 30.4 Å². The molecule has 2 spiro atoms. The van der Waals surface area contributed by atoms with Crippen LogP contribution in [0.15, 0.2) is 151 Å². The van der Waals surface area contributed by atoms with E-state index in [2.05, 4.69) is 18.2 Å². The van der Waals surface area contributed by atoms with Crippen LogP contribution in [-0.4, -0.2) is 19.7 Å². The molecule has 382 valence electrons. The molecule has 74 heavy (non-hydrogen) atoms. The Kier molecular flexibility index (Phi) is 25.4. The van der Waals surface area contributed by atoms with Crippen molar-refractivity contribution in [2.45, 2.75) is 108 Å². The molecule has 18 heteroatoms. The second-order valence-electron chi connectivity index (χ2n) is 13.9. The van der Waals surface area contributed by atoms with Gasteiger partial charge in [0.05, 0.1) is 51.1 Å². The molecule has 0 fully saturated rings. The Balaban J connectivity index is 0.000000622. The fourth-order valence-electron chi connectivity index (χ4n) is 8.69. The van der Waals surface area contributed by atoms with E-state index in [1.165, 1.54) is 6.07 Å². The summed E-state index contributed by atoms with van der Waals surface area (Å²) in [4.78, 5) is 43.8. The number of nitro benzene ring substituents is 2. The molecule has 4 aromatic heterocycles. The van der Waals surface area contributed by atoms with Gasteiger partial charge in [-0.25, -0.2) is 0 Å². The molecule has 2 atom stereocenters. The number of hydrogen-bond donors (Lipinski definition) is 0. The van der Waals surface area contributed by atoms with E-state index in [-0.39, 0.29) is 100 Å². The summed E-state index contributed by atoms with van der Waals surface area (Å²) >= 11 is 0. The molecule has 0 amide bonds. The zero-order chi connectivity index (χ0) is 55.8. The Labute approximate surface area is 488 Å². The van der Waals surface area contributed by atoms with Crippen LogP contribution in [0.25, 0.3) is 22.5 Å². The van der Waals surface area contributed by atoms with Crippen molar-refractivity contribution >= 4 is 11.4 Å². The molecule has 4 aliphatic rings. The van der Waals surface area contributed by atoms with Gasteiger partial charge in [-0.1, -0.05) is 114 Å². The van der Waals surface area contributed by atoms with Gasteiger partial charge in [-0.05, 0) is 53.1 Å². The van der Waals surface area contributed by atoms with E-state index in [0.717, 1.165) is 22.9 Å². The van der Waals surface area contributed by atoms with Crippen molar-refractivity contribution in [3.63, 3.8) is 0 Å². The second kappa shape index (κ2) is 30.2. The summed E-state index contributed by atoms with van der Waals surface area (Å²) in [5.41, 5.74) is 1.16. The molecule has 6 aromatic rings. The van der Waals surface area contributed by atoms with Gasteiger partial charge < -0.3 is 12.1 Å². The van der Waals surface area contributed by atoms with Crippen LogP contribution in [0.5, 0.6) is 0 Å². The van der Waals surface area contributed by atoms with Crippen molar-refractivity contribution in [1.29, 1.82) is 0 Å². The van der Waals surface area contributed by atoms with E-state index in [4.69, 9.17) is 2.74 Å². The van der Waals surface area contributed by atoms with E-state index in [1.807, 2.05) is 119 Å². The fourth-order valence-corrected chi connectivity index (χ4v) is 8.69. The van der Waals surface area contributed by atoms with Gasteiger partial charge in [-0.3, -0.25) is 40.5 Å². The van der Waals surface area contributed by atoms with Crippen molar-refractivity contribution in [3.05, 3.63) is 244 Å². The summed E-state index contributed by atoms with van der Waals surface area (Å²) in [6.07, 6.45) is 17.8. The van der Waals surface area contributed by atoms with Crippen LogP contribution in [0, 0.1) is 71.8 Å². The molecule has 16 nitrogen and oxygen atoms in total. The third kappa shape index (κ3) is 11.7. The number of non-ortho nitro benzene ring substituents is 1. The standard InChI is InChI=1S/2C22H14N4O4.6C2H6.2Y/c1-15-8-9-18-17(12-15)20-7-3-5-11-24(20)22(18)19(21(26(29)30)14-25(27)28)13-16-6-2-4-10-23(16)22;1-2-7-15-12-16-8-3-5-10-23(16)22(15)21-18(19-9-4-6-11-24(19)22)13-17(25(27)28)14-20(21)26(29)30;6*1-2;;/h2-12H,1H3;3-11,13-14H,1H3;6*1-2H3;;/i9T;7T;;;;;;;;. The van der Waals surface area contributed by atoms with E-state index < -0.39 is 36.7 Å². The second-order valence-corrected chi connectivity index (χ2v) is 13.9. The number of nitrogens with zero attached hydrogens (tertiary/aromatic N) is 8. The summed E-state index contributed by atoms with van der Waals surface area (Å²) in [6, 6.07) is 27.6. The quantitative estimate of drug-likeness (QED) is 0.0518. The molecule has 8 heterocycles. The topological polar surface area (TPSA) is 188 Å².